The summed E-state index contributed by atoms with van der Waals surface area (Å²) in [5.74, 6) is -0.366. The molecule has 0 saturated carbocycles. The second-order valence-electron chi connectivity index (χ2n) is 3.72. The zero-order chi connectivity index (χ0) is 10.1. The predicted octanol–water partition coefficient (Wildman–Crippen LogP) is 2.79. The molecule has 0 aliphatic carbocycles. The van der Waals surface area contributed by atoms with Crippen LogP contribution >= 0.6 is 11.6 Å². The van der Waals surface area contributed by atoms with Crippen LogP contribution in [0, 0.1) is 5.82 Å². The first-order valence-electron chi connectivity index (χ1n) is 4.05. The molecule has 0 atom stereocenters. The summed E-state index contributed by atoms with van der Waals surface area (Å²) in [5, 5.41) is 9.84. The highest BCUT2D eigenvalue weighted by molar-refractivity contribution is 6.30. The molecule has 3 heteroatoms. The van der Waals surface area contributed by atoms with Crippen molar-refractivity contribution < 1.29 is 9.50 Å². The fourth-order valence-electron chi connectivity index (χ4n) is 1.13. The highest BCUT2D eigenvalue weighted by Crippen LogP contribution is 2.19. The fraction of sp³-hybridized carbons (Fsp3) is 0.400. The van der Waals surface area contributed by atoms with Crippen molar-refractivity contribution in [2.24, 2.45) is 0 Å². The van der Waals surface area contributed by atoms with Crippen LogP contribution < -0.4 is 0 Å². The van der Waals surface area contributed by atoms with Crippen LogP contribution in [-0.4, -0.2) is 10.7 Å². The van der Waals surface area contributed by atoms with E-state index in [0.29, 0.717) is 10.6 Å². The van der Waals surface area contributed by atoms with Gasteiger partial charge in [-0.05, 0) is 31.5 Å². The van der Waals surface area contributed by atoms with Gasteiger partial charge in [-0.1, -0.05) is 17.7 Å². The van der Waals surface area contributed by atoms with Crippen LogP contribution in [0.2, 0.25) is 5.02 Å². The van der Waals surface area contributed by atoms with Crippen LogP contribution in [0.5, 0.6) is 0 Å². The summed E-state index contributed by atoms with van der Waals surface area (Å²) in [5.41, 5.74) is -0.411. The Morgan fingerprint density at radius 2 is 2.08 bits per heavy atom. The minimum Gasteiger partial charge on any atom is -0.390 e. The van der Waals surface area contributed by atoms with E-state index < -0.39 is 5.60 Å². The first-order chi connectivity index (χ1) is 5.88. The lowest BCUT2D eigenvalue weighted by Gasteiger charge is -2.17. The van der Waals surface area contributed by atoms with Crippen molar-refractivity contribution in [1.82, 2.24) is 0 Å². The fourth-order valence-corrected chi connectivity index (χ4v) is 1.29. The first-order valence-corrected chi connectivity index (χ1v) is 4.42. The molecule has 0 heterocycles. The zero-order valence-electron chi connectivity index (χ0n) is 7.64. The van der Waals surface area contributed by atoms with Crippen molar-refractivity contribution >= 4 is 11.6 Å². The van der Waals surface area contributed by atoms with Crippen molar-refractivity contribution in [2.45, 2.75) is 25.9 Å². The van der Waals surface area contributed by atoms with Crippen LogP contribution in [0.4, 0.5) is 4.39 Å². The Bertz CT molecular complexity index is 304. The summed E-state index contributed by atoms with van der Waals surface area (Å²) in [4.78, 5) is 0. The molecule has 0 aliphatic rings. The van der Waals surface area contributed by atoms with Crippen LogP contribution in [0.3, 0.4) is 0 Å². The number of benzene rings is 1. The van der Waals surface area contributed by atoms with Gasteiger partial charge < -0.3 is 5.11 Å². The van der Waals surface area contributed by atoms with Gasteiger partial charge in [-0.15, -0.1) is 0 Å². The van der Waals surface area contributed by atoms with Crippen molar-refractivity contribution in [3.05, 3.63) is 34.6 Å². The van der Waals surface area contributed by atoms with Gasteiger partial charge in [-0.2, -0.15) is 0 Å². The Balaban J connectivity index is 2.90. The van der Waals surface area contributed by atoms with E-state index in [-0.39, 0.29) is 12.2 Å². The second-order valence-corrected chi connectivity index (χ2v) is 4.16. The van der Waals surface area contributed by atoms with E-state index in [9.17, 15) is 9.50 Å². The molecule has 1 nitrogen and oxygen atoms in total. The predicted molar refractivity (Wildman–Crippen MR) is 51.4 cm³/mol. The van der Waals surface area contributed by atoms with E-state index >= 15 is 0 Å². The normalized spacial score (nSPS) is 11.8. The summed E-state index contributed by atoms with van der Waals surface area (Å²) in [7, 11) is 0. The summed E-state index contributed by atoms with van der Waals surface area (Å²) >= 11 is 5.59. The summed E-state index contributed by atoms with van der Waals surface area (Å²) in [6, 6.07) is 4.46. The average molecular weight is 203 g/mol. The Morgan fingerprint density at radius 1 is 1.46 bits per heavy atom. The molecule has 1 rings (SSSR count). The molecular formula is C10H12ClFO. The van der Waals surface area contributed by atoms with Gasteiger partial charge in [0.1, 0.15) is 5.82 Å². The maximum absolute atomic E-state index is 13.2. The van der Waals surface area contributed by atoms with Crippen LogP contribution in [0.25, 0.3) is 0 Å². The molecule has 0 bridgehead atoms. The highest BCUT2D eigenvalue weighted by atomic mass is 35.5. The molecule has 0 aliphatic heterocycles. The first kappa shape index (κ1) is 10.5. The molecule has 1 N–H and O–H groups in total. The van der Waals surface area contributed by atoms with E-state index in [4.69, 9.17) is 11.6 Å². The van der Waals surface area contributed by atoms with Crippen molar-refractivity contribution in [3.8, 4) is 0 Å². The molecule has 0 saturated heterocycles. The Kier molecular flexibility index (Phi) is 2.94. The number of rotatable bonds is 2. The maximum atomic E-state index is 13.2. The molecule has 1 aromatic rings. The largest absolute Gasteiger partial charge is 0.390 e. The second kappa shape index (κ2) is 3.64. The Labute approximate surface area is 82.2 Å². The van der Waals surface area contributed by atoms with Crippen molar-refractivity contribution in [2.75, 3.05) is 0 Å². The lowest BCUT2D eigenvalue weighted by molar-refractivity contribution is 0.0800. The lowest BCUT2D eigenvalue weighted by atomic mass is 9.98. The van der Waals surface area contributed by atoms with Gasteiger partial charge in [0, 0.05) is 11.4 Å². The average Bonchev–Trinajstić information content (AvgIpc) is 1.93. The SMILES string of the molecule is CC(C)(O)Cc1ccc(Cl)cc1F. The van der Waals surface area contributed by atoms with Gasteiger partial charge in [0.2, 0.25) is 0 Å². The number of halogens is 2. The minimum atomic E-state index is -0.894. The molecular weight excluding hydrogens is 191 g/mol. The Hall–Kier alpha value is -0.600. The number of hydrogen-bond donors (Lipinski definition) is 1. The number of aliphatic hydroxyl groups is 1. The minimum absolute atomic E-state index is 0.288. The molecule has 13 heavy (non-hydrogen) atoms. The van der Waals surface area contributed by atoms with Crippen LogP contribution in [-0.2, 0) is 6.42 Å². The Morgan fingerprint density at radius 3 is 2.54 bits per heavy atom. The molecule has 0 fully saturated rings. The molecule has 0 radical (unpaired) electrons. The monoisotopic (exact) mass is 202 g/mol. The van der Waals surface area contributed by atoms with E-state index in [0.717, 1.165) is 0 Å². The summed E-state index contributed by atoms with van der Waals surface area (Å²) in [6.07, 6.45) is 0.288. The lowest BCUT2D eigenvalue weighted by Crippen LogP contribution is -2.22. The van der Waals surface area contributed by atoms with Gasteiger partial charge >= 0.3 is 0 Å². The standard InChI is InChI=1S/C10H12ClFO/c1-10(2,13)6-7-3-4-8(11)5-9(7)12/h3-5,13H,6H2,1-2H3. The van der Waals surface area contributed by atoms with E-state index in [1.807, 2.05) is 0 Å². The van der Waals surface area contributed by atoms with Crippen LogP contribution in [0.1, 0.15) is 19.4 Å². The molecule has 0 spiro atoms. The van der Waals surface area contributed by atoms with E-state index in [1.165, 1.54) is 6.07 Å². The smallest absolute Gasteiger partial charge is 0.127 e. The third kappa shape index (κ3) is 3.33. The molecule has 0 aromatic heterocycles. The number of hydrogen-bond acceptors (Lipinski definition) is 1. The zero-order valence-corrected chi connectivity index (χ0v) is 8.40. The van der Waals surface area contributed by atoms with Crippen LogP contribution in [0.15, 0.2) is 18.2 Å². The van der Waals surface area contributed by atoms with Gasteiger partial charge in [0.25, 0.3) is 0 Å². The molecule has 0 amide bonds. The third-order valence-corrected chi connectivity index (χ3v) is 1.87. The maximum Gasteiger partial charge on any atom is 0.127 e. The van der Waals surface area contributed by atoms with E-state index in [2.05, 4.69) is 0 Å². The van der Waals surface area contributed by atoms with Crippen molar-refractivity contribution in [1.29, 1.82) is 0 Å². The summed E-state index contributed by atoms with van der Waals surface area (Å²) in [6.45, 7) is 3.28. The van der Waals surface area contributed by atoms with Gasteiger partial charge in [0.15, 0.2) is 0 Å². The molecule has 72 valence electrons. The van der Waals surface area contributed by atoms with Crippen molar-refractivity contribution in [3.63, 3.8) is 0 Å². The molecule has 0 unspecified atom stereocenters. The summed E-state index contributed by atoms with van der Waals surface area (Å²) < 4.78 is 13.2. The van der Waals surface area contributed by atoms with Gasteiger partial charge in [0.05, 0.1) is 5.60 Å². The quantitative estimate of drug-likeness (QED) is 0.782. The van der Waals surface area contributed by atoms with Gasteiger partial charge in [-0.3, -0.25) is 0 Å². The van der Waals surface area contributed by atoms with E-state index in [1.54, 1.807) is 26.0 Å². The highest BCUT2D eigenvalue weighted by Gasteiger charge is 2.15. The third-order valence-electron chi connectivity index (χ3n) is 1.64. The van der Waals surface area contributed by atoms with Gasteiger partial charge in [-0.25, -0.2) is 4.39 Å². The molecule has 1 aromatic carbocycles. The topological polar surface area (TPSA) is 20.2 Å².